The van der Waals surface area contributed by atoms with Crippen molar-refractivity contribution in [2.45, 2.75) is 44.8 Å². The topological polar surface area (TPSA) is 71.4 Å². The summed E-state index contributed by atoms with van der Waals surface area (Å²) in [6.07, 6.45) is 4.86. The van der Waals surface area contributed by atoms with E-state index in [2.05, 4.69) is 6.92 Å². The zero-order valence-corrected chi connectivity index (χ0v) is 12.7. The highest BCUT2D eigenvalue weighted by molar-refractivity contribution is 7.90. The normalized spacial score (nSPS) is 11.4. The first kappa shape index (κ1) is 16.7. The Hall–Kier alpha value is -1.36. The maximum absolute atomic E-state index is 12.0. The molecule has 0 unspecified atom stereocenters. The van der Waals surface area contributed by atoms with Crippen LogP contribution in [-0.4, -0.2) is 25.2 Å². The number of hydrogen-bond donors (Lipinski definition) is 1. The molecule has 0 aliphatic rings. The molecule has 0 aliphatic heterocycles. The molecule has 0 radical (unpaired) electrons. The average Bonchev–Trinajstić information content (AvgIpc) is 2.38. The van der Waals surface area contributed by atoms with E-state index in [1.807, 2.05) is 0 Å². The lowest BCUT2D eigenvalue weighted by atomic mass is 10.1. The molecule has 0 saturated carbocycles. The van der Waals surface area contributed by atoms with Crippen molar-refractivity contribution >= 4 is 15.8 Å². The smallest absolute Gasteiger partial charge is 0.335 e. The van der Waals surface area contributed by atoms with Gasteiger partial charge in [0.15, 0.2) is 9.84 Å². The van der Waals surface area contributed by atoms with Gasteiger partial charge in [0.1, 0.15) is 0 Å². The van der Waals surface area contributed by atoms with Crippen LogP contribution in [0, 0.1) is 0 Å². The number of unbranched alkanes of at least 4 members (excludes halogenated alkanes) is 4. The highest BCUT2D eigenvalue weighted by Gasteiger charge is 2.16. The first-order valence-corrected chi connectivity index (χ1v) is 8.80. The van der Waals surface area contributed by atoms with Crippen molar-refractivity contribution < 1.29 is 18.3 Å². The van der Waals surface area contributed by atoms with Crippen LogP contribution in [0.1, 0.15) is 54.9 Å². The lowest BCUT2D eigenvalue weighted by molar-refractivity contribution is 0.0696. The second-order valence-corrected chi connectivity index (χ2v) is 7.15. The molecular formula is C15H22O4S. The first-order chi connectivity index (χ1) is 9.46. The van der Waals surface area contributed by atoms with E-state index < -0.39 is 15.8 Å². The Morgan fingerprint density at radius 3 is 2.40 bits per heavy atom. The third-order valence-electron chi connectivity index (χ3n) is 3.18. The van der Waals surface area contributed by atoms with E-state index in [1.54, 1.807) is 18.2 Å². The first-order valence-electron chi connectivity index (χ1n) is 6.98. The summed E-state index contributed by atoms with van der Waals surface area (Å²) < 4.78 is 24.0. The quantitative estimate of drug-likeness (QED) is 0.710. The molecule has 0 aliphatic carbocycles. The summed E-state index contributed by atoms with van der Waals surface area (Å²) in [5, 5.41) is 9.04. The number of aromatic carboxylic acids is 1. The van der Waals surface area contributed by atoms with Gasteiger partial charge in [-0.25, -0.2) is 13.2 Å². The number of hydrogen-bond acceptors (Lipinski definition) is 3. The molecule has 0 atom stereocenters. The van der Waals surface area contributed by atoms with Gasteiger partial charge >= 0.3 is 5.97 Å². The van der Waals surface area contributed by atoms with Gasteiger partial charge in [0.05, 0.1) is 17.1 Å². The zero-order chi connectivity index (χ0) is 15.0. The molecule has 1 rings (SSSR count). The van der Waals surface area contributed by atoms with Gasteiger partial charge in [0, 0.05) is 0 Å². The van der Waals surface area contributed by atoms with Crippen LogP contribution in [0.4, 0.5) is 0 Å². The minimum absolute atomic E-state index is 0.0713. The molecule has 1 aromatic carbocycles. The summed E-state index contributed by atoms with van der Waals surface area (Å²) in [7, 11) is -3.24. The van der Waals surface area contributed by atoms with Crippen LogP contribution >= 0.6 is 0 Å². The predicted octanol–water partition coefficient (Wildman–Crippen LogP) is 3.27. The van der Waals surface area contributed by atoms with E-state index in [-0.39, 0.29) is 17.1 Å². The van der Waals surface area contributed by atoms with Crippen LogP contribution in [0.5, 0.6) is 0 Å². The fourth-order valence-corrected chi connectivity index (χ4v) is 3.60. The zero-order valence-electron chi connectivity index (χ0n) is 11.8. The van der Waals surface area contributed by atoms with Crippen molar-refractivity contribution in [1.29, 1.82) is 0 Å². The van der Waals surface area contributed by atoms with E-state index >= 15 is 0 Å². The summed E-state index contributed by atoms with van der Waals surface area (Å²) in [4.78, 5) is 11.0. The van der Waals surface area contributed by atoms with Crippen molar-refractivity contribution in [3.63, 3.8) is 0 Å². The van der Waals surface area contributed by atoms with Crippen molar-refractivity contribution in [1.82, 2.24) is 0 Å². The molecular weight excluding hydrogens is 276 g/mol. The van der Waals surface area contributed by atoms with Crippen LogP contribution in [0.3, 0.4) is 0 Å². The molecule has 4 nitrogen and oxygen atoms in total. The summed E-state index contributed by atoms with van der Waals surface area (Å²) >= 11 is 0. The minimum atomic E-state index is -3.24. The third kappa shape index (κ3) is 5.74. The number of carboxylic acid groups (broad SMARTS) is 1. The Morgan fingerprint density at radius 2 is 1.75 bits per heavy atom. The Balaban J connectivity index is 2.60. The summed E-state index contributed by atoms with van der Waals surface area (Å²) in [5.74, 6) is -1.15. The fourth-order valence-electron chi connectivity index (χ4n) is 2.09. The Kier molecular flexibility index (Phi) is 6.71. The lowest BCUT2D eigenvalue weighted by Crippen LogP contribution is -2.12. The van der Waals surface area contributed by atoms with Crippen LogP contribution in [0.15, 0.2) is 24.3 Å². The second kappa shape index (κ2) is 8.04. The molecule has 5 heteroatoms. The van der Waals surface area contributed by atoms with Gasteiger partial charge in [-0.1, -0.05) is 50.8 Å². The Morgan fingerprint density at radius 1 is 1.10 bits per heavy atom. The summed E-state index contributed by atoms with van der Waals surface area (Å²) in [5.41, 5.74) is 0.440. The largest absolute Gasteiger partial charge is 0.478 e. The molecule has 20 heavy (non-hydrogen) atoms. The van der Waals surface area contributed by atoms with Crippen LogP contribution in [0.2, 0.25) is 0 Å². The van der Waals surface area contributed by atoms with Crippen molar-refractivity contribution in [2.75, 3.05) is 5.75 Å². The summed E-state index contributed by atoms with van der Waals surface area (Å²) in [6, 6.07) is 6.27. The van der Waals surface area contributed by atoms with Crippen molar-refractivity contribution in [2.24, 2.45) is 0 Å². The molecule has 0 fully saturated rings. The third-order valence-corrected chi connectivity index (χ3v) is 4.84. The maximum Gasteiger partial charge on any atom is 0.335 e. The molecule has 0 saturated heterocycles. The van der Waals surface area contributed by atoms with Crippen LogP contribution in [0.25, 0.3) is 0 Å². The molecule has 0 amide bonds. The molecule has 0 bridgehead atoms. The lowest BCUT2D eigenvalue weighted by Gasteiger charge is -2.07. The minimum Gasteiger partial charge on any atom is -0.478 e. The molecule has 0 heterocycles. The fraction of sp³-hybridized carbons (Fsp3) is 0.533. The van der Waals surface area contributed by atoms with Gasteiger partial charge in [-0.2, -0.15) is 0 Å². The second-order valence-electron chi connectivity index (χ2n) is 4.97. The summed E-state index contributed by atoms with van der Waals surface area (Å²) in [6.45, 7) is 2.11. The Labute approximate surface area is 120 Å². The van der Waals surface area contributed by atoms with Gasteiger partial charge < -0.3 is 5.11 Å². The van der Waals surface area contributed by atoms with E-state index in [1.165, 1.54) is 6.07 Å². The molecule has 0 spiro atoms. The van der Waals surface area contributed by atoms with Crippen LogP contribution in [-0.2, 0) is 15.6 Å². The number of carboxylic acids is 1. The van der Waals surface area contributed by atoms with E-state index in [0.717, 1.165) is 25.7 Å². The van der Waals surface area contributed by atoms with Crippen molar-refractivity contribution in [3.8, 4) is 0 Å². The van der Waals surface area contributed by atoms with Gasteiger partial charge in [-0.05, 0) is 18.1 Å². The standard InChI is InChI=1S/C15H22O4S/c1-2-3-4-5-8-11-20(18,19)12-13-9-6-7-10-14(13)15(16)17/h6-7,9-10H,2-5,8,11-12H2,1H3,(H,16,17). The van der Waals surface area contributed by atoms with Gasteiger partial charge in [-0.3, -0.25) is 0 Å². The van der Waals surface area contributed by atoms with E-state index in [0.29, 0.717) is 12.0 Å². The van der Waals surface area contributed by atoms with Crippen LogP contribution < -0.4 is 0 Å². The number of benzene rings is 1. The van der Waals surface area contributed by atoms with Gasteiger partial charge in [0.25, 0.3) is 0 Å². The highest BCUT2D eigenvalue weighted by atomic mass is 32.2. The number of carbonyl (C=O) groups is 1. The predicted molar refractivity (Wildman–Crippen MR) is 79.7 cm³/mol. The van der Waals surface area contributed by atoms with E-state index in [9.17, 15) is 13.2 Å². The number of rotatable bonds is 9. The number of sulfone groups is 1. The maximum atomic E-state index is 12.0. The molecule has 1 N–H and O–H groups in total. The Bertz CT molecular complexity index is 535. The average molecular weight is 298 g/mol. The molecule has 1 aromatic rings. The van der Waals surface area contributed by atoms with E-state index in [4.69, 9.17) is 5.11 Å². The monoisotopic (exact) mass is 298 g/mol. The molecule has 0 aromatic heterocycles. The van der Waals surface area contributed by atoms with Gasteiger partial charge in [-0.15, -0.1) is 0 Å². The van der Waals surface area contributed by atoms with Crippen molar-refractivity contribution in [3.05, 3.63) is 35.4 Å². The highest BCUT2D eigenvalue weighted by Crippen LogP contribution is 2.14. The SMILES string of the molecule is CCCCCCCS(=O)(=O)Cc1ccccc1C(=O)O. The van der Waals surface area contributed by atoms with Gasteiger partial charge in [0.2, 0.25) is 0 Å². The molecule has 112 valence electrons.